The highest BCUT2D eigenvalue weighted by Crippen LogP contribution is 2.59. The van der Waals surface area contributed by atoms with Gasteiger partial charge in [-0.1, -0.05) is 6.07 Å². The second-order valence-electron chi connectivity index (χ2n) is 11.3. The predicted octanol–water partition coefficient (Wildman–Crippen LogP) is 2.62. The van der Waals surface area contributed by atoms with Crippen LogP contribution >= 0.6 is 0 Å². The van der Waals surface area contributed by atoms with Crippen LogP contribution in [-0.2, 0) is 4.79 Å². The summed E-state index contributed by atoms with van der Waals surface area (Å²) in [5, 5.41) is 3.24. The number of fused-ring (bicyclic) bond motifs is 1. The smallest absolute Gasteiger partial charge is 0.274 e. The van der Waals surface area contributed by atoms with Crippen LogP contribution < -0.4 is 11.1 Å². The normalized spacial score (nSPS) is 30.6. The Kier molecular flexibility index (Phi) is 5.15. The topological polar surface area (TPSA) is 110 Å². The number of hydrogen-bond donors (Lipinski definition) is 2. The van der Waals surface area contributed by atoms with Crippen molar-refractivity contribution in [1.82, 2.24) is 19.6 Å². The van der Waals surface area contributed by atoms with Crippen molar-refractivity contribution in [3.63, 3.8) is 0 Å². The fourth-order valence-corrected chi connectivity index (χ4v) is 7.69. The minimum Gasteiger partial charge on any atom is -0.369 e. The number of likely N-dealkylation sites (tertiary alicyclic amines) is 1. The maximum absolute atomic E-state index is 13.2. The molecule has 2 aromatic heterocycles. The highest BCUT2D eigenvalue weighted by molar-refractivity contribution is 5.95. The molecule has 3 heterocycles. The molecule has 1 aliphatic heterocycles. The third-order valence-electron chi connectivity index (χ3n) is 8.92. The number of nitrogens with two attached hydrogens (primary N) is 1. The van der Waals surface area contributed by atoms with E-state index in [4.69, 9.17) is 5.73 Å². The Bertz CT molecular complexity index is 1110. The summed E-state index contributed by atoms with van der Waals surface area (Å²) >= 11 is 0. The van der Waals surface area contributed by atoms with Crippen molar-refractivity contribution in [2.45, 2.75) is 51.4 Å². The van der Waals surface area contributed by atoms with E-state index in [0.29, 0.717) is 43.0 Å². The van der Waals surface area contributed by atoms with Crippen LogP contribution in [0, 0.1) is 29.1 Å². The molecule has 0 unspecified atom stereocenters. The first-order chi connectivity index (χ1) is 16.4. The van der Waals surface area contributed by atoms with Gasteiger partial charge in [0, 0.05) is 31.7 Å². The van der Waals surface area contributed by atoms with E-state index in [-0.39, 0.29) is 29.1 Å². The first-order valence-electron chi connectivity index (χ1n) is 12.7. The van der Waals surface area contributed by atoms with Crippen molar-refractivity contribution < 1.29 is 14.4 Å². The van der Waals surface area contributed by atoms with Crippen molar-refractivity contribution in [3.05, 3.63) is 35.8 Å². The molecule has 4 bridgehead atoms. The largest absolute Gasteiger partial charge is 0.369 e. The molecule has 2 aromatic rings. The van der Waals surface area contributed by atoms with Crippen LogP contribution in [0.4, 0.5) is 0 Å². The maximum atomic E-state index is 13.2. The first kappa shape index (κ1) is 21.6. The Hall–Kier alpha value is -2.90. The molecule has 3 N–H and O–H groups in total. The zero-order chi connectivity index (χ0) is 23.4. The zero-order valence-electron chi connectivity index (χ0n) is 19.5. The summed E-state index contributed by atoms with van der Waals surface area (Å²) in [7, 11) is 0. The number of nitrogens with zero attached hydrogens (tertiary/aromatic N) is 3. The van der Waals surface area contributed by atoms with E-state index in [2.05, 4.69) is 10.3 Å². The number of piperidine rings is 1. The second-order valence-corrected chi connectivity index (χ2v) is 11.3. The number of amides is 3. The Morgan fingerprint density at radius 3 is 2.29 bits per heavy atom. The summed E-state index contributed by atoms with van der Waals surface area (Å²) in [4.78, 5) is 43.9. The highest BCUT2D eigenvalue weighted by Gasteiger charge is 2.50. The monoisotopic (exact) mass is 463 g/mol. The number of carbonyl (C=O) groups is 3. The lowest BCUT2D eigenvalue weighted by atomic mass is 9.49. The van der Waals surface area contributed by atoms with Crippen LogP contribution in [0.5, 0.6) is 0 Å². The van der Waals surface area contributed by atoms with Crippen molar-refractivity contribution in [3.8, 4) is 0 Å². The molecule has 8 nitrogen and oxygen atoms in total. The number of primary amides is 1. The van der Waals surface area contributed by atoms with Crippen molar-refractivity contribution in [2.24, 2.45) is 34.8 Å². The Morgan fingerprint density at radius 1 is 1.03 bits per heavy atom. The molecule has 34 heavy (non-hydrogen) atoms. The standard InChI is InChI=1S/C26H33N5O3/c27-23(32)19-4-6-30(7-5-19)25(34)20-14-31-21(2-1-3-22(31)29-20)24(33)28-15-26-11-16-8-17(12-26)10-18(9-16)13-26/h1-3,14,16-19H,4-13,15H2,(H2,27,32)(H,28,33). The molecule has 0 atom stereocenters. The molecular formula is C26H33N5O3. The second kappa shape index (κ2) is 8.10. The molecule has 8 heteroatoms. The fourth-order valence-electron chi connectivity index (χ4n) is 7.69. The van der Waals surface area contributed by atoms with E-state index in [9.17, 15) is 14.4 Å². The van der Waals surface area contributed by atoms with Crippen LogP contribution in [0.25, 0.3) is 5.65 Å². The average Bonchev–Trinajstić information content (AvgIpc) is 3.26. The minimum atomic E-state index is -0.302. The van der Waals surface area contributed by atoms with E-state index >= 15 is 0 Å². The molecule has 0 radical (unpaired) electrons. The summed E-state index contributed by atoms with van der Waals surface area (Å²) in [5.74, 6) is 1.79. The summed E-state index contributed by atoms with van der Waals surface area (Å²) in [6, 6.07) is 5.41. The number of pyridine rings is 1. The third-order valence-corrected chi connectivity index (χ3v) is 8.92. The van der Waals surface area contributed by atoms with Gasteiger partial charge in [0.2, 0.25) is 5.91 Å². The van der Waals surface area contributed by atoms with Crippen molar-refractivity contribution >= 4 is 23.4 Å². The zero-order valence-corrected chi connectivity index (χ0v) is 19.5. The van der Waals surface area contributed by atoms with Gasteiger partial charge in [-0.15, -0.1) is 0 Å². The van der Waals surface area contributed by atoms with Gasteiger partial charge in [-0.3, -0.25) is 18.8 Å². The molecule has 7 rings (SSSR count). The summed E-state index contributed by atoms with van der Waals surface area (Å²) in [5.41, 5.74) is 7.08. The summed E-state index contributed by atoms with van der Waals surface area (Å²) in [6.45, 7) is 1.71. The van der Waals surface area contributed by atoms with Gasteiger partial charge < -0.3 is 16.0 Å². The van der Waals surface area contributed by atoms with E-state index in [1.54, 1.807) is 21.6 Å². The molecule has 1 saturated heterocycles. The number of nitrogens with one attached hydrogen (secondary N) is 1. The highest BCUT2D eigenvalue weighted by atomic mass is 16.2. The van der Waals surface area contributed by atoms with Gasteiger partial charge in [0.25, 0.3) is 11.8 Å². The van der Waals surface area contributed by atoms with E-state index in [0.717, 1.165) is 24.3 Å². The molecule has 4 aliphatic carbocycles. The Labute approximate surface area is 199 Å². The lowest BCUT2D eigenvalue weighted by Gasteiger charge is -2.56. The molecule has 5 fully saturated rings. The Balaban J connectivity index is 1.16. The quantitative estimate of drug-likeness (QED) is 0.710. The number of carbonyl (C=O) groups excluding carboxylic acids is 3. The minimum absolute atomic E-state index is 0.111. The average molecular weight is 464 g/mol. The lowest BCUT2D eigenvalue weighted by Crippen LogP contribution is -2.51. The van der Waals surface area contributed by atoms with Gasteiger partial charge in [0.15, 0.2) is 0 Å². The molecule has 0 spiro atoms. The molecule has 5 aliphatic rings. The van der Waals surface area contributed by atoms with Crippen molar-refractivity contribution in [1.29, 1.82) is 0 Å². The summed E-state index contributed by atoms with van der Waals surface area (Å²) < 4.78 is 1.72. The van der Waals surface area contributed by atoms with Gasteiger partial charge in [0.1, 0.15) is 17.0 Å². The van der Waals surface area contributed by atoms with Gasteiger partial charge in [-0.05, 0) is 86.7 Å². The third kappa shape index (κ3) is 3.77. The molecule has 3 amide bonds. The molecule has 0 aromatic carbocycles. The lowest BCUT2D eigenvalue weighted by molar-refractivity contribution is -0.123. The molecule has 180 valence electrons. The van der Waals surface area contributed by atoms with E-state index in [1.807, 2.05) is 12.1 Å². The van der Waals surface area contributed by atoms with Gasteiger partial charge in [0.05, 0.1) is 0 Å². The number of aromatic nitrogens is 2. The van der Waals surface area contributed by atoms with Crippen LogP contribution in [0.15, 0.2) is 24.4 Å². The first-order valence-corrected chi connectivity index (χ1v) is 12.7. The summed E-state index contributed by atoms with van der Waals surface area (Å²) in [6.07, 6.45) is 10.7. The van der Waals surface area contributed by atoms with Crippen molar-refractivity contribution in [2.75, 3.05) is 19.6 Å². The fraction of sp³-hybridized carbons (Fsp3) is 0.615. The van der Waals surface area contributed by atoms with Crippen LogP contribution in [0.1, 0.15) is 72.3 Å². The van der Waals surface area contributed by atoms with Gasteiger partial charge >= 0.3 is 0 Å². The van der Waals surface area contributed by atoms with E-state index < -0.39 is 0 Å². The maximum Gasteiger partial charge on any atom is 0.274 e. The van der Waals surface area contributed by atoms with Crippen LogP contribution in [-0.4, -0.2) is 51.6 Å². The number of rotatable bonds is 5. The number of imidazole rings is 1. The Morgan fingerprint density at radius 2 is 1.68 bits per heavy atom. The predicted molar refractivity (Wildman–Crippen MR) is 126 cm³/mol. The molecule has 4 saturated carbocycles. The van der Waals surface area contributed by atoms with Gasteiger partial charge in [-0.25, -0.2) is 4.98 Å². The van der Waals surface area contributed by atoms with E-state index in [1.165, 1.54) is 38.5 Å². The van der Waals surface area contributed by atoms with Crippen LogP contribution in [0.2, 0.25) is 0 Å². The molecular weight excluding hydrogens is 430 g/mol. The van der Waals surface area contributed by atoms with Gasteiger partial charge in [-0.2, -0.15) is 0 Å². The van der Waals surface area contributed by atoms with Crippen LogP contribution in [0.3, 0.4) is 0 Å². The SMILES string of the molecule is NC(=O)C1CCN(C(=O)c2cn3c(C(=O)NCC45CC6CC(CC(C6)C4)C5)cccc3n2)CC1. The number of hydrogen-bond acceptors (Lipinski definition) is 4.